The van der Waals surface area contributed by atoms with Crippen LogP contribution >= 0.6 is 0 Å². The molecule has 17 heavy (non-hydrogen) atoms. The van der Waals surface area contributed by atoms with E-state index >= 15 is 0 Å². The zero-order valence-electron chi connectivity index (χ0n) is 10.9. The Balaban J connectivity index is 1.62. The third-order valence-corrected chi connectivity index (χ3v) is 5.23. The molecule has 96 valence electrons. The monoisotopic (exact) mass is 236 g/mol. The molecule has 5 atom stereocenters. The second-order valence-electron chi connectivity index (χ2n) is 6.26. The van der Waals surface area contributed by atoms with Crippen molar-refractivity contribution in [2.45, 2.75) is 70.5 Å². The summed E-state index contributed by atoms with van der Waals surface area (Å²) >= 11 is 0. The highest BCUT2D eigenvalue weighted by molar-refractivity contribution is 5.84. The Morgan fingerprint density at radius 1 is 1.18 bits per heavy atom. The van der Waals surface area contributed by atoms with Gasteiger partial charge >= 0.3 is 0 Å². The number of ketones is 1. The predicted octanol–water partition coefficient (Wildman–Crippen LogP) is 3.34. The molecule has 2 saturated heterocycles. The van der Waals surface area contributed by atoms with Crippen molar-refractivity contribution in [3.63, 3.8) is 0 Å². The first-order valence-corrected chi connectivity index (χ1v) is 7.47. The summed E-state index contributed by atoms with van der Waals surface area (Å²) in [4.78, 5) is 12.6. The van der Waals surface area contributed by atoms with E-state index in [2.05, 4.69) is 6.92 Å². The molecule has 1 saturated carbocycles. The van der Waals surface area contributed by atoms with E-state index in [0.29, 0.717) is 17.8 Å². The largest absolute Gasteiger partial charge is 0.374 e. The smallest absolute Gasteiger partial charge is 0.141 e. The number of hydrogen-bond donors (Lipinski definition) is 0. The van der Waals surface area contributed by atoms with E-state index in [1.165, 1.54) is 25.7 Å². The van der Waals surface area contributed by atoms with Crippen LogP contribution in [0, 0.1) is 17.8 Å². The molecule has 0 radical (unpaired) electrons. The van der Waals surface area contributed by atoms with Gasteiger partial charge in [0.25, 0.3) is 0 Å². The van der Waals surface area contributed by atoms with Crippen molar-refractivity contribution in [3.05, 3.63) is 0 Å². The number of carbonyl (C=O) groups excluding carboxylic acids is 1. The predicted molar refractivity (Wildman–Crippen MR) is 66.7 cm³/mol. The van der Waals surface area contributed by atoms with Crippen molar-refractivity contribution in [2.75, 3.05) is 0 Å². The third-order valence-electron chi connectivity index (χ3n) is 5.23. The summed E-state index contributed by atoms with van der Waals surface area (Å²) in [5.74, 6) is 1.98. The summed E-state index contributed by atoms with van der Waals surface area (Å²) in [6, 6.07) is 0. The van der Waals surface area contributed by atoms with Crippen LogP contribution in [-0.4, -0.2) is 18.0 Å². The summed E-state index contributed by atoms with van der Waals surface area (Å²) < 4.78 is 5.83. The van der Waals surface area contributed by atoms with Gasteiger partial charge in [-0.2, -0.15) is 0 Å². The number of hydrogen-bond acceptors (Lipinski definition) is 2. The molecule has 0 N–H and O–H groups in total. The Morgan fingerprint density at radius 2 is 2.06 bits per heavy atom. The molecule has 2 aliphatic heterocycles. The van der Waals surface area contributed by atoms with Crippen LogP contribution in [0.5, 0.6) is 0 Å². The fourth-order valence-electron chi connectivity index (χ4n) is 4.16. The van der Waals surface area contributed by atoms with Gasteiger partial charge in [-0.3, -0.25) is 4.79 Å². The molecular weight excluding hydrogens is 212 g/mol. The van der Waals surface area contributed by atoms with Gasteiger partial charge in [0, 0.05) is 11.8 Å². The normalized spacial score (nSPS) is 45.1. The van der Waals surface area contributed by atoms with E-state index in [0.717, 1.165) is 31.6 Å². The second-order valence-corrected chi connectivity index (χ2v) is 6.26. The van der Waals surface area contributed by atoms with E-state index in [1.54, 1.807) is 0 Å². The number of fused-ring (bicyclic) bond motifs is 2. The maximum Gasteiger partial charge on any atom is 0.141 e. The molecule has 0 amide bonds. The SMILES string of the molecule is CCC1CCCC(C(=O)C2CC3CCC2O3)C1. The maximum atomic E-state index is 12.6. The average Bonchev–Trinajstić information content (AvgIpc) is 3.00. The van der Waals surface area contributed by atoms with Gasteiger partial charge in [-0.1, -0.05) is 26.2 Å². The highest BCUT2D eigenvalue weighted by Crippen LogP contribution is 2.42. The molecule has 0 aromatic rings. The van der Waals surface area contributed by atoms with E-state index in [4.69, 9.17) is 4.74 Å². The van der Waals surface area contributed by atoms with Gasteiger partial charge in [-0.05, 0) is 38.0 Å². The summed E-state index contributed by atoms with van der Waals surface area (Å²) in [5, 5.41) is 0. The van der Waals surface area contributed by atoms with Gasteiger partial charge in [0.15, 0.2) is 0 Å². The summed E-state index contributed by atoms with van der Waals surface area (Å²) in [6.07, 6.45) is 10.2. The highest BCUT2D eigenvalue weighted by Gasteiger charge is 2.46. The van der Waals surface area contributed by atoms with Crippen LogP contribution in [0.2, 0.25) is 0 Å². The Morgan fingerprint density at radius 3 is 2.71 bits per heavy atom. The zero-order chi connectivity index (χ0) is 11.8. The van der Waals surface area contributed by atoms with E-state index in [-0.39, 0.29) is 12.0 Å². The Bertz CT molecular complexity index is 299. The molecular formula is C15H24O2. The van der Waals surface area contributed by atoms with Crippen LogP contribution in [0.3, 0.4) is 0 Å². The van der Waals surface area contributed by atoms with Crippen LogP contribution < -0.4 is 0 Å². The minimum atomic E-state index is 0.259. The molecule has 3 rings (SSSR count). The third kappa shape index (κ3) is 2.16. The lowest BCUT2D eigenvalue weighted by atomic mass is 9.73. The van der Waals surface area contributed by atoms with Crippen LogP contribution in [0.15, 0.2) is 0 Å². The topological polar surface area (TPSA) is 26.3 Å². The van der Waals surface area contributed by atoms with E-state index < -0.39 is 0 Å². The quantitative estimate of drug-likeness (QED) is 0.751. The van der Waals surface area contributed by atoms with Crippen molar-refractivity contribution in [2.24, 2.45) is 17.8 Å². The Labute approximate surface area is 104 Å². The first-order chi connectivity index (χ1) is 8.28. The van der Waals surface area contributed by atoms with Crippen LogP contribution in [-0.2, 0) is 9.53 Å². The molecule has 0 aromatic heterocycles. The first-order valence-electron chi connectivity index (χ1n) is 7.47. The van der Waals surface area contributed by atoms with Crippen LogP contribution in [0.1, 0.15) is 58.3 Å². The fraction of sp³-hybridized carbons (Fsp3) is 0.933. The molecule has 1 aliphatic carbocycles. The molecule has 3 fully saturated rings. The second kappa shape index (κ2) is 4.72. The number of carbonyl (C=O) groups is 1. The minimum absolute atomic E-state index is 0.259. The molecule has 0 aromatic carbocycles. The lowest BCUT2D eigenvalue weighted by Crippen LogP contribution is -2.33. The lowest BCUT2D eigenvalue weighted by Gasteiger charge is -2.30. The molecule has 2 heteroatoms. The van der Waals surface area contributed by atoms with Crippen molar-refractivity contribution < 1.29 is 9.53 Å². The maximum absolute atomic E-state index is 12.6. The Hall–Kier alpha value is -0.370. The molecule has 2 nitrogen and oxygen atoms in total. The minimum Gasteiger partial charge on any atom is -0.374 e. The van der Waals surface area contributed by atoms with Crippen molar-refractivity contribution in [3.8, 4) is 0 Å². The number of Topliss-reactive ketones (excluding diaryl/α,β-unsaturated/α-hetero) is 1. The highest BCUT2D eigenvalue weighted by atomic mass is 16.5. The molecule has 0 spiro atoms. The van der Waals surface area contributed by atoms with E-state index in [1.807, 2.05) is 0 Å². The van der Waals surface area contributed by atoms with Gasteiger partial charge in [0.1, 0.15) is 5.78 Å². The van der Waals surface area contributed by atoms with Gasteiger partial charge in [0.2, 0.25) is 0 Å². The fourth-order valence-corrected chi connectivity index (χ4v) is 4.16. The number of rotatable bonds is 3. The Kier molecular flexibility index (Phi) is 3.25. The van der Waals surface area contributed by atoms with Gasteiger partial charge in [-0.15, -0.1) is 0 Å². The molecule has 2 heterocycles. The first kappa shape index (κ1) is 11.7. The average molecular weight is 236 g/mol. The van der Waals surface area contributed by atoms with Gasteiger partial charge in [-0.25, -0.2) is 0 Å². The molecule has 3 aliphatic rings. The lowest BCUT2D eigenvalue weighted by molar-refractivity contribution is -0.129. The van der Waals surface area contributed by atoms with E-state index in [9.17, 15) is 4.79 Å². The van der Waals surface area contributed by atoms with Crippen LogP contribution in [0.4, 0.5) is 0 Å². The summed E-state index contributed by atoms with van der Waals surface area (Å²) in [7, 11) is 0. The number of ether oxygens (including phenoxy) is 1. The van der Waals surface area contributed by atoms with Crippen molar-refractivity contribution >= 4 is 5.78 Å². The molecule has 5 unspecified atom stereocenters. The van der Waals surface area contributed by atoms with Gasteiger partial charge < -0.3 is 4.74 Å². The summed E-state index contributed by atoms with van der Waals surface area (Å²) in [5.41, 5.74) is 0. The zero-order valence-corrected chi connectivity index (χ0v) is 10.9. The summed E-state index contributed by atoms with van der Waals surface area (Å²) in [6.45, 7) is 2.26. The standard InChI is InChI=1S/C15H24O2/c1-2-10-4-3-5-11(8-10)15(16)13-9-12-6-7-14(13)17-12/h10-14H,2-9H2,1H3. The van der Waals surface area contributed by atoms with Crippen LogP contribution in [0.25, 0.3) is 0 Å². The van der Waals surface area contributed by atoms with Crippen molar-refractivity contribution in [1.82, 2.24) is 0 Å². The molecule has 2 bridgehead atoms. The van der Waals surface area contributed by atoms with Crippen molar-refractivity contribution in [1.29, 1.82) is 0 Å². The van der Waals surface area contributed by atoms with Gasteiger partial charge in [0.05, 0.1) is 12.2 Å².